The van der Waals surface area contributed by atoms with Gasteiger partial charge in [-0.3, -0.25) is 4.90 Å². The number of hydrogen-bond acceptors (Lipinski definition) is 3. The number of hydrogen-bond donors (Lipinski definition) is 1. The molecule has 0 amide bonds. The van der Waals surface area contributed by atoms with Crippen LogP contribution in [0.3, 0.4) is 0 Å². The topological polar surface area (TPSA) is 49.8 Å². The third kappa shape index (κ3) is 4.10. The van der Waals surface area contributed by atoms with E-state index in [4.69, 9.17) is 21.4 Å². The van der Waals surface area contributed by atoms with Crippen LogP contribution in [0.25, 0.3) is 0 Å². The van der Waals surface area contributed by atoms with Gasteiger partial charge in [0.15, 0.2) is 0 Å². The number of rotatable bonds is 4. The highest BCUT2D eigenvalue weighted by atomic mass is 35.5. The molecule has 1 unspecified atom stereocenters. The largest absolute Gasteiger partial charge is 0.478 e. The van der Waals surface area contributed by atoms with Gasteiger partial charge in [0.05, 0.1) is 18.3 Å². The Labute approximate surface area is 140 Å². The van der Waals surface area contributed by atoms with Gasteiger partial charge >= 0.3 is 5.97 Å². The van der Waals surface area contributed by atoms with Crippen molar-refractivity contribution in [2.75, 3.05) is 19.7 Å². The van der Waals surface area contributed by atoms with E-state index < -0.39 is 5.97 Å². The van der Waals surface area contributed by atoms with E-state index in [9.17, 15) is 4.79 Å². The van der Waals surface area contributed by atoms with E-state index in [1.54, 1.807) is 12.1 Å². The lowest BCUT2D eigenvalue weighted by Gasteiger charge is -2.33. The molecule has 120 valence electrons. The zero-order valence-corrected chi connectivity index (χ0v) is 13.4. The SMILES string of the molecule is O=C(O)c1ccc(CN2CCOC(c3cccc(Cl)c3)C2)cc1. The van der Waals surface area contributed by atoms with Crippen LogP contribution in [0.4, 0.5) is 0 Å². The van der Waals surface area contributed by atoms with Crippen LogP contribution in [0.1, 0.15) is 27.6 Å². The van der Waals surface area contributed by atoms with Gasteiger partial charge in [0.2, 0.25) is 0 Å². The summed E-state index contributed by atoms with van der Waals surface area (Å²) in [5.41, 5.74) is 2.50. The monoisotopic (exact) mass is 331 g/mol. The lowest BCUT2D eigenvalue weighted by atomic mass is 10.1. The van der Waals surface area contributed by atoms with E-state index in [1.807, 2.05) is 36.4 Å². The Kier molecular flexibility index (Phi) is 4.96. The van der Waals surface area contributed by atoms with E-state index in [2.05, 4.69) is 4.90 Å². The standard InChI is InChI=1S/C18H18ClNO3/c19-16-3-1-2-15(10-16)17-12-20(8-9-23-17)11-13-4-6-14(7-5-13)18(21)22/h1-7,10,17H,8-9,11-12H2,(H,21,22). The molecule has 1 aliphatic heterocycles. The summed E-state index contributed by atoms with van der Waals surface area (Å²) in [6, 6.07) is 14.8. The predicted octanol–water partition coefficient (Wildman–Crippen LogP) is 3.61. The lowest BCUT2D eigenvalue weighted by Crippen LogP contribution is -2.37. The molecule has 0 aromatic heterocycles. The molecule has 1 aliphatic rings. The number of halogens is 1. The third-order valence-electron chi connectivity index (χ3n) is 3.98. The third-order valence-corrected chi connectivity index (χ3v) is 4.21. The summed E-state index contributed by atoms with van der Waals surface area (Å²) in [5, 5.41) is 9.66. The Morgan fingerprint density at radius 1 is 1.26 bits per heavy atom. The van der Waals surface area contributed by atoms with Crippen molar-refractivity contribution in [1.29, 1.82) is 0 Å². The molecular weight excluding hydrogens is 314 g/mol. The number of carboxylic acid groups (broad SMARTS) is 1. The molecule has 0 bridgehead atoms. The van der Waals surface area contributed by atoms with E-state index in [1.165, 1.54) is 0 Å². The van der Waals surface area contributed by atoms with E-state index in [0.29, 0.717) is 17.2 Å². The highest BCUT2D eigenvalue weighted by molar-refractivity contribution is 6.30. The smallest absolute Gasteiger partial charge is 0.335 e. The number of morpholine rings is 1. The summed E-state index contributed by atoms with van der Waals surface area (Å²) >= 11 is 6.05. The molecule has 0 aliphatic carbocycles. The molecule has 1 atom stereocenters. The Bertz CT molecular complexity index is 687. The van der Waals surface area contributed by atoms with Crippen LogP contribution in [-0.4, -0.2) is 35.7 Å². The maximum Gasteiger partial charge on any atom is 0.335 e. The van der Waals surface area contributed by atoms with Gasteiger partial charge in [-0.25, -0.2) is 4.79 Å². The summed E-state index contributed by atoms with van der Waals surface area (Å²) in [5.74, 6) is -0.899. The van der Waals surface area contributed by atoms with Gasteiger partial charge in [-0.15, -0.1) is 0 Å². The van der Waals surface area contributed by atoms with Crippen LogP contribution in [0, 0.1) is 0 Å². The highest BCUT2D eigenvalue weighted by Crippen LogP contribution is 2.25. The number of nitrogens with zero attached hydrogens (tertiary/aromatic N) is 1. The van der Waals surface area contributed by atoms with Crippen molar-refractivity contribution in [3.05, 3.63) is 70.2 Å². The first-order chi connectivity index (χ1) is 11.1. The molecule has 23 heavy (non-hydrogen) atoms. The first-order valence-electron chi connectivity index (χ1n) is 7.53. The molecule has 2 aromatic rings. The Balaban J connectivity index is 1.65. The molecule has 1 fully saturated rings. The maximum absolute atomic E-state index is 10.9. The molecule has 0 spiro atoms. The summed E-state index contributed by atoms with van der Waals surface area (Å²) in [6.07, 6.45) is 0.0146. The quantitative estimate of drug-likeness (QED) is 0.929. The molecule has 4 nitrogen and oxygen atoms in total. The van der Waals surface area contributed by atoms with E-state index in [0.717, 1.165) is 30.8 Å². The average molecular weight is 332 g/mol. The predicted molar refractivity (Wildman–Crippen MR) is 88.8 cm³/mol. The second kappa shape index (κ2) is 7.13. The van der Waals surface area contributed by atoms with Gasteiger partial charge in [-0.2, -0.15) is 0 Å². The minimum Gasteiger partial charge on any atom is -0.478 e. The van der Waals surface area contributed by atoms with Gasteiger partial charge < -0.3 is 9.84 Å². The molecule has 0 saturated carbocycles. The summed E-state index contributed by atoms with van der Waals surface area (Å²) in [7, 11) is 0. The number of ether oxygens (including phenoxy) is 1. The van der Waals surface area contributed by atoms with Crippen LogP contribution in [0.15, 0.2) is 48.5 Å². The molecule has 0 radical (unpaired) electrons. The molecular formula is C18H18ClNO3. The fraction of sp³-hybridized carbons (Fsp3) is 0.278. The van der Waals surface area contributed by atoms with Gasteiger partial charge in [0.25, 0.3) is 0 Å². The van der Waals surface area contributed by atoms with E-state index >= 15 is 0 Å². The van der Waals surface area contributed by atoms with Crippen LogP contribution in [0.2, 0.25) is 5.02 Å². The fourth-order valence-electron chi connectivity index (χ4n) is 2.77. The number of carbonyl (C=O) groups is 1. The lowest BCUT2D eigenvalue weighted by molar-refractivity contribution is -0.0329. The van der Waals surface area contributed by atoms with Crippen molar-refractivity contribution in [2.45, 2.75) is 12.6 Å². The van der Waals surface area contributed by atoms with Crippen LogP contribution >= 0.6 is 11.6 Å². The first-order valence-corrected chi connectivity index (χ1v) is 7.91. The van der Waals surface area contributed by atoms with Crippen LogP contribution < -0.4 is 0 Å². The second-order valence-corrected chi connectivity index (χ2v) is 6.09. The van der Waals surface area contributed by atoms with E-state index in [-0.39, 0.29) is 6.10 Å². The molecule has 1 N–H and O–H groups in total. The zero-order valence-electron chi connectivity index (χ0n) is 12.6. The van der Waals surface area contributed by atoms with Crippen molar-refractivity contribution >= 4 is 17.6 Å². The van der Waals surface area contributed by atoms with Crippen molar-refractivity contribution in [1.82, 2.24) is 4.90 Å². The van der Waals surface area contributed by atoms with Crippen LogP contribution in [-0.2, 0) is 11.3 Å². The zero-order chi connectivity index (χ0) is 16.2. The van der Waals surface area contributed by atoms with Gasteiger partial charge in [0, 0.05) is 24.7 Å². The minimum atomic E-state index is -0.899. The van der Waals surface area contributed by atoms with Gasteiger partial charge in [0.1, 0.15) is 0 Å². The Morgan fingerprint density at radius 2 is 2.04 bits per heavy atom. The maximum atomic E-state index is 10.9. The summed E-state index contributed by atoms with van der Waals surface area (Å²) < 4.78 is 5.86. The normalized spacial score (nSPS) is 18.7. The summed E-state index contributed by atoms with van der Waals surface area (Å²) in [4.78, 5) is 13.2. The highest BCUT2D eigenvalue weighted by Gasteiger charge is 2.22. The second-order valence-electron chi connectivity index (χ2n) is 5.65. The minimum absolute atomic E-state index is 0.0146. The van der Waals surface area contributed by atoms with Crippen molar-refractivity contribution in [3.8, 4) is 0 Å². The average Bonchev–Trinajstić information content (AvgIpc) is 2.56. The molecule has 3 rings (SSSR count). The number of carboxylic acids is 1. The first kappa shape index (κ1) is 16.0. The number of benzene rings is 2. The number of aromatic carboxylic acids is 1. The van der Waals surface area contributed by atoms with Crippen LogP contribution in [0.5, 0.6) is 0 Å². The molecule has 1 saturated heterocycles. The summed E-state index contributed by atoms with van der Waals surface area (Å²) in [6.45, 7) is 3.10. The van der Waals surface area contributed by atoms with Gasteiger partial charge in [-0.05, 0) is 35.4 Å². The fourth-order valence-corrected chi connectivity index (χ4v) is 2.96. The van der Waals surface area contributed by atoms with Crippen molar-refractivity contribution < 1.29 is 14.6 Å². The molecule has 2 aromatic carbocycles. The Hall–Kier alpha value is -1.88. The molecule has 5 heteroatoms. The molecule has 1 heterocycles. The van der Waals surface area contributed by atoms with Crippen molar-refractivity contribution in [3.63, 3.8) is 0 Å². The Morgan fingerprint density at radius 3 is 2.74 bits per heavy atom. The van der Waals surface area contributed by atoms with Crippen molar-refractivity contribution in [2.24, 2.45) is 0 Å². The van der Waals surface area contributed by atoms with Gasteiger partial charge in [-0.1, -0.05) is 35.9 Å².